The third-order valence-electron chi connectivity index (χ3n) is 2.03. The fourth-order valence-electron chi connectivity index (χ4n) is 1.35. The van der Waals surface area contributed by atoms with E-state index in [-0.39, 0.29) is 0 Å². The van der Waals surface area contributed by atoms with Crippen molar-refractivity contribution in [3.63, 3.8) is 0 Å². The van der Waals surface area contributed by atoms with Gasteiger partial charge in [0, 0.05) is 16.1 Å². The molecule has 1 heterocycles. The Morgan fingerprint density at radius 3 is 2.64 bits per heavy atom. The van der Waals surface area contributed by atoms with E-state index in [0.29, 0.717) is 10.7 Å². The molecule has 0 radical (unpaired) electrons. The Kier molecular flexibility index (Phi) is 2.48. The van der Waals surface area contributed by atoms with Crippen molar-refractivity contribution < 1.29 is 0 Å². The fourth-order valence-corrected chi connectivity index (χ4v) is 2.35. The second kappa shape index (κ2) is 3.64. The normalized spacial score (nSPS) is 10.4. The van der Waals surface area contributed by atoms with Crippen LogP contribution in [0.2, 0.25) is 5.02 Å². The lowest BCUT2D eigenvalue weighted by Crippen LogP contribution is -1.84. The highest BCUT2D eigenvalue weighted by atomic mass is 35.5. The predicted octanol–water partition coefficient (Wildman–Crippen LogP) is 3.96. The third-order valence-corrected chi connectivity index (χ3v) is 3.21. The van der Waals surface area contributed by atoms with E-state index in [9.17, 15) is 0 Å². The molecule has 0 atom stereocenters. The molecule has 0 bridgehead atoms. The smallest absolute Gasteiger partial charge is 0.0505 e. The van der Waals surface area contributed by atoms with Gasteiger partial charge in [-0.05, 0) is 36.1 Å². The lowest BCUT2D eigenvalue weighted by molar-refractivity contribution is 1.61. The number of rotatable bonds is 1. The maximum absolute atomic E-state index is 6.10. The second-order valence-electron chi connectivity index (χ2n) is 3.19. The first-order chi connectivity index (χ1) is 6.66. The standard InChI is InChI=1S/C11H10ClNS/c1-7-4-8(6-14-7)10-3-2-9(13)5-11(10)12/h2-6H,13H2,1H3. The fraction of sp³-hybridized carbons (Fsp3) is 0.0909. The summed E-state index contributed by atoms with van der Waals surface area (Å²) in [6, 6.07) is 7.74. The molecule has 1 aromatic carbocycles. The van der Waals surface area contributed by atoms with Gasteiger partial charge in [-0.15, -0.1) is 11.3 Å². The predicted molar refractivity (Wildman–Crippen MR) is 63.9 cm³/mol. The van der Waals surface area contributed by atoms with Gasteiger partial charge in [-0.1, -0.05) is 17.7 Å². The van der Waals surface area contributed by atoms with Crippen LogP contribution in [0, 0.1) is 6.92 Å². The zero-order valence-electron chi connectivity index (χ0n) is 7.75. The average molecular weight is 224 g/mol. The Morgan fingerprint density at radius 1 is 1.29 bits per heavy atom. The van der Waals surface area contributed by atoms with Crippen molar-refractivity contribution in [1.29, 1.82) is 0 Å². The highest BCUT2D eigenvalue weighted by Gasteiger charge is 2.04. The first-order valence-corrected chi connectivity index (χ1v) is 5.53. The van der Waals surface area contributed by atoms with Gasteiger partial charge in [0.2, 0.25) is 0 Å². The van der Waals surface area contributed by atoms with Crippen molar-refractivity contribution in [3.8, 4) is 11.1 Å². The topological polar surface area (TPSA) is 26.0 Å². The van der Waals surface area contributed by atoms with E-state index in [1.165, 1.54) is 4.88 Å². The van der Waals surface area contributed by atoms with Crippen LogP contribution in [-0.2, 0) is 0 Å². The summed E-state index contributed by atoms with van der Waals surface area (Å²) in [5.74, 6) is 0. The minimum Gasteiger partial charge on any atom is -0.399 e. The Morgan fingerprint density at radius 2 is 2.07 bits per heavy atom. The van der Waals surface area contributed by atoms with Crippen molar-refractivity contribution in [3.05, 3.63) is 39.5 Å². The van der Waals surface area contributed by atoms with Gasteiger partial charge in [0.15, 0.2) is 0 Å². The first-order valence-electron chi connectivity index (χ1n) is 4.27. The van der Waals surface area contributed by atoms with Crippen LogP contribution in [0.15, 0.2) is 29.6 Å². The Labute approximate surface area is 92.1 Å². The van der Waals surface area contributed by atoms with Crippen LogP contribution >= 0.6 is 22.9 Å². The van der Waals surface area contributed by atoms with Gasteiger partial charge in [-0.2, -0.15) is 0 Å². The van der Waals surface area contributed by atoms with Crippen LogP contribution in [0.5, 0.6) is 0 Å². The molecule has 2 rings (SSSR count). The van der Waals surface area contributed by atoms with E-state index in [2.05, 4.69) is 18.4 Å². The van der Waals surface area contributed by atoms with Gasteiger partial charge >= 0.3 is 0 Å². The largest absolute Gasteiger partial charge is 0.399 e. The minimum absolute atomic E-state index is 0.700. The van der Waals surface area contributed by atoms with E-state index in [1.54, 1.807) is 17.4 Å². The third kappa shape index (κ3) is 1.76. The van der Waals surface area contributed by atoms with Gasteiger partial charge in [0.1, 0.15) is 0 Å². The molecular formula is C11H10ClNS. The molecule has 0 fully saturated rings. The van der Waals surface area contributed by atoms with Crippen LogP contribution in [0.4, 0.5) is 5.69 Å². The number of anilines is 1. The number of aryl methyl sites for hydroxylation is 1. The first kappa shape index (κ1) is 9.56. The molecule has 0 saturated heterocycles. The Hall–Kier alpha value is -0.990. The number of hydrogen-bond donors (Lipinski definition) is 1. The van der Waals surface area contributed by atoms with Gasteiger partial charge < -0.3 is 5.73 Å². The SMILES string of the molecule is Cc1cc(-c2ccc(N)cc2Cl)cs1. The molecule has 0 amide bonds. The molecule has 1 nitrogen and oxygen atoms in total. The summed E-state index contributed by atoms with van der Waals surface area (Å²) >= 11 is 7.82. The number of hydrogen-bond acceptors (Lipinski definition) is 2. The van der Waals surface area contributed by atoms with E-state index < -0.39 is 0 Å². The van der Waals surface area contributed by atoms with Crippen molar-refractivity contribution in [2.24, 2.45) is 0 Å². The van der Waals surface area contributed by atoms with Crippen LogP contribution < -0.4 is 5.73 Å². The molecule has 0 aliphatic heterocycles. The number of thiophene rings is 1. The summed E-state index contributed by atoms with van der Waals surface area (Å²) in [6.07, 6.45) is 0. The van der Waals surface area contributed by atoms with Gasteiger partial charge in [0.05, 0.1) is 5.02 Å². The molecule has 3 heteroatoms. The van der Waals surface area contributed by atoms with Crippen LogP contribution in [0.25, 0.3) is 11.1 Å². The lowest BCUT2D eigenvalue weighted by Gasteiger charge is -2.02. The minimum atomic E-state index is 0.700. The lowest BCUT2D eigenvalue weighted by atomic mass is 10.1. The molecule has 14 heavy (non-hydrogen) atoms. The van der Waals surface area contributed by atoms with Gasteiger partial charge in [-0.25, -0.2) is 0 Å². The quantitative estimate of drug-likeness (QED) is 0.728. The molecule has 72 valence electrons. The van der Waals surface area contributed by atoms with Crippen LogP contribution in [-0.4, -0.2) is 0 Å². The van der Waals surface area contributed by atoms with Crippen LogP contribution in [0.3, 0.4) is 0 Å². The molecule has 0 unspecified atom stereocenters. The molecule has 0 aliphatic rings. The number of nitrogens with two attached hydrogens (primary N) is 1. The van der Waals surface area contributed by atoms with E-state index in [0.717, 1.165) is 11.1 Å². The Bertz CT molecular complexity index is 462. The molecule has 1 aromatic heterocycles. The van der Waals surface area contributed by atoms with Crippen molar-refractivity contribution in [1.82, 2.24) is 0 Å². The summed E-state index contributed by atoms with van der Waals surface area (Å²) in [6.45, 7) is 2.08. The molecule has 2 aromatic rings. The van der Waals surface area contributed by atoms with Crippen molar-refractivity contribution in [2.45, 2.75) is 6.92 Å². The Balaban J connectivity index is 2.52. The molecule has 0 aliphatic carbocycles. The zero-order valence-corrected chi connectivity index (χ0v) is 9.32. The van der Waals surface area contributed by atoms with E-state index in [1.807, 2.05) is 12.1 Å². The summed E-state index contributed by atoms with van der Waals surface area (Å²) < 4.78 is 0. The summed E-state index contributed by atoms with van der Waals surface area (Å²) in [7, 11) is 0. The maximum atomic E-state index is 6.10. The summed E-state index contributed by atoms with van der Waals surface area (Å²) in [5.41, 5.74) is 8.54. The molecule has 0 saturated carbocycles. The van der Waals surface area contributed by atoms with Gasteiger partial charge in [-0.3, -0.25) is 0 Å². The monoisotopic (exact) mass is 223 g/mol. The highest BCUT2D eigenvalue weighted by molar-refractivity contribution is 7.10. The van der Waals surface area contributed by atoms with Crippen LogP contribution in [0.1, 0.15) is 4.88 Å². The second-order valence-corrected chi connectivity index (χ2v) is 4.71. The van der Waals surface area contributed by atoms with Gasteiger partial charge in [0.25, 0.3) is 0 Å². The number of nitrogen functional groups attached to an aromatic ring is 1. The van der Waals surface area contributed by atoms with E-state index in [4.69, 9.17) is 17.3 Å². The summed E-state index contributed by atoms with van der Waals surface area (Å²) in [4.78, 5) is 1.29. The van der Waals surface area contributed by atoms with Crippen molar-refractivity contribution >= 4 is 28.6 Å². The number of halogens is 1. The van der Waals surface area contributed by atoms with E-state index >= 15 is 0 Å². The zero-order chi connectivity index (χ0) is 10.1. The van der Waals surface area contributed by atoms with Crippen molar-refractivity contribution in [2.75, 3.05) is 5.73 Å². The molecule has 2 N–H and O–H groups in total. The molecular weight excluding hydrogens is 214 g/mol. The summed E-state index contributed by atoms with van der Waals surface area (Å²) in [5, 5.41) is 2.81. The average Bonchev–Trinajstić information content (AvgIpc) is 2.51. The molecule has 0 spiro atoms. The highest BCUT2D eigenvalue weighted by Crippen LogP contribution is 2.32. The number of benzene rings is 1. The maximum Gasteiger partial charge on any atom is 0.0505 e.